The van der Waals surface area contributed by atoms with Crippen LogP contribution in [0, 0.1) is 0 Å². The Morgan fingerprint density at radius 1 is 0.857 bits per heavy atom. The normalized spacial score (nSPS) is 12.0. The van der Waals surface area contributed by atoms with Gasteiger partial charge in [-0.15, -0.1) is 0 Å². The lowest BCUT2D eigenvalue weighted by molar-refractivity contribution is -0.676. The first-order valence-corrected chi connectivity index (χ1v) is 10.0. The van der Waals surface area contributed by atoms with Gasteiger partial charge in [0, 0.05) is 16.8 Å². The maximum Gasteiger partial charge on any atom is 0.279 e. The van der Waals surface area contributed by atoms with Gasteiger partial charge in [-0.05, 0) is 24.0 Å². The number of benzene rings is 3. The Labute approximate surface area is 167 Å². The van der Waals surface area contributed by atoms with Crippen molar-refractivity contribution >= 4 is 11.6 Å². The van der Waals surface area contributed by atoms with Gasteiger partial charge in [-0.25, -0.2) is 0 Å². The number of carbonyl (C=O) groups excluding carboxylic acids is 1. The van der Waals surface area contributed by atoms with E-state index in [1.54, 1.807) is 0 Å². The number of para-hydroxylation sites is 1. The van der Waals surface area contributed by atoms with Gasteiger partial charge in [0.2, 0.25) is 0 Å². The van der Waals surface area contributed by atoms with Crippen LogP contribution in [0.25, 0.3) is 0 Å². The van der Waals surface area contributed by atoms with Crippen molar-refractivity contribution in [3.8, 4) is 0 Å². The SMILES string of the molecule is CC[C@H](C)c1ccccc1NC(=O)C[NH2+]C(c1ccccc1)c1ccccc1. The Morgan fingerprint density at radius 2 is 1.39 bits per heavy atom. The number of quaternary nitrogens is 1. The molecule has 3 rings (SSSR count). The first-order chi connectivity index (χ1) is 13.7. The van der Waals surface area contributed by atoms with Crippen LogP contribution in [-0.2, 0) is 4.79 Å². The van der Waals surface area contributed by atoms with Gasteiger partial charge in [-0.2, -0.15) is 0 Å². The van der Waals surface area contributed by atoms with E-state index in [1.807, 2.05) is 54.6 Å². The van der Waals surface area contributed by atoms with E-state index in [0.29, 0.717) is 12.5 Å². The quantitative estimate of drug-likeness (QED) is 0.600. The molecule has 28 heavy (non-hydrogen) atoms. The smallest absolute Gasteiger partial charge is 0.279 e. The Hall–Kier alpha value is -2.91. The number of rotatable bonds is 8. The summed E-state index contributed by atoms with van der Waals surface area (Å²) in [6.45, 7) is 4.72. The predicted molar refractivity (Wildman–Crippen MR) is 115 cm³/mol. The fourth-order valence-electron chi connectivity index (χ4n) is 3.47. The molecule has 0 aliphatic rings. The molecular formula is C25H29N2O+. The molecule has 0 saturated heterocycles. The highest BCUT2D eigenvalue weighted by Gasteiger charge is 2.19. The largest absolute Gasteiger partial charge is 0.328 e. The number of hydrogen-bond donors (Lipinski definition) is 2. The van der Waals surface area contributed by atoms with Crippen molar-refractivity contribution in [2.24, 2.45) is 0 Å². The zero-order chi connectivity index (χ0) is 19.8. The van der Waals surface area contributed by atoms with E-state index in [1.165, 1.54) is 16.7 Å². The van der Waals surface area contributed by atoms with Crippen LogP contribution in [-0.4, -0.2) is 12.5 Å². The van der Waals surface area contributed by atoms with Crippen molar-refractivity contribution in [2.75, 3.05) is 11.9 Å². The number of nitrogens with two attached hydrogens (primary N) is 1. The molecule has 3 N–H and O–H groups in total. The monoisotopic (exact) mass is 373 g/mol. The third-order valence-electron chi connectivity index (χ3n) is 5.23. The molecule has 0 aliphatic carbocycles. The predicted octanol–water partition coefficient (Wildman–Crippen LogP) is 4.49. The van der Waals surface area contributed by atoms with Gasteiger partial charge in [0.15, 0.2) is 6.54 Å². The molecule has 3 aromatic rings. The Balaban J connectivity index is 1.71. The number of anilines is 1. The van der Waals surface area contributed by atoms with Crippen LogP contribution >= 0.6 is 0 Å². The number of hydrogen-bond acceptors (Lipinski definition) is 1. The van der Waals surface area contributed by atoms with Crippen LogP contribution in [0.2, 0.25) is 0 Å². The highest BCUT2D eigenvalue weighted by molar-refractivity contribution is 5.92. The van der Waals surface area contributed by atoms with Gasteiger partial charge in [-0.3, -0.25) is 4.79 Å². The average Bonchev–Trinajstić information content (AvgIpc) is 2.75. The van der Waals surface area contributed by atoms with Crippen molar-refractivity contribution < 1.29 is 10.1 Å². The maximum absolute atomic E-state index is 12.7. The molecule has 144 valence electrons. The first kappa shape index (κ1) is 19.8. The maximum atomic E-state index is 12.7. The lowest BCUT2D eigenvalue weighted by atomic mass is 9.97. The minimum Gasteiger partial charge on any atom is -0.328 e. The fourth-order valence-corrected chi connectivity index (χ4v) is 3.47. The Morgan fingerprint density at radius 3 is 1.96 bits per heavy atom. The molecule has 3 heteroatoms. The molecule has 1 amide bonds. The van der Waals surface area contributed by atoms with Gasteiger partial charge >= 0.3 is 0 Å². The van der Waals surface area contributed by atoms with Crippen molar-refractivity contribution in [1.82, 2.24) is 0 Å². The Bertz CT molecular complexity index is 838. The van der Waals surface area contributed by atoms with Gasteiger partial charge in [0.25, 0.3) is 5.91 Å². The molecule has 1 atom stereocenters. The molecule has 0 aliphatic heterocycles. The Kier molecular flexibility index (Phi) is 6.99. The van der Waals surface area contributed by atoms with E-state index in [2.05, 4.69) is 54.8 Å². The summed E-state index contributed by atoms with van der Waals surface area (Å²) in [5.74, 6) is 0.439. The van der Waals surface area contributed by atoms with Crippen molar-refractivity contribution in [2.45, 2.75) is 32.2 Å². The summed E-state index contributed by atoms with van der Waals surface area (Å²) in [7, 11) is 0. The van der Waals surface area contributed by atoms with Gasteiger partial charge in [0.1, 0.15) is 6.04 Å². The topological polar surface area (TPSA) is 45.7 Å². The molecule has 3 aromatic carbocycles. The molecule has 3 nitrogen and oxygen atoms in total. The zero-order valence-electron chi connectivity index (χ0n) is 16.6. The number of amides is 1. The van der Waals surface area contributed by atoms with Crippen molar-refractivity contribution in [3.05, 3.63) is 102 Å². The minimum absolute atomic E-state index is 0.0209. The molecule has 0 unspecified atom stereocenters. The van der Waals surface area contributed by atoms with Crippen LogP contribution in [0.1, 0.15) is 48.9 Å². The van der Waals surface area contributed by atoms with E-state index >= 15 is 0 Å². The second-order valence-corrected chi connectivity index (χ2v) is 7.18. The molecule has 0 spiro atoms. The second kappa shape index (κ2) is 9.86. The fraction of sp³-hybridized carbons (Fsp3) is 0.240. The molecule has 0 aromatic heterocycles. The van der Waals surface area contributed by atoms with Crippen LogP contribution in [0.3, 0.4) is 0 Å². The van der Waals surface area contributed by atoms with E-state index < -0.39 is 0 Å². The van der Waals surface area contributed by atoms with Crippen LogP contribution in [0.5, 0.6) is 0 Å². The first-order valence-electron chi connectivity index (χ1n) is 10.0. The van der Waals surface area contributed by atoms with Gasteiger partial charge in [-0.1, -0.05) is 92.7 Å². The second-order valence-electron chi connectivity index (χ2n) is 7.18. The highest BCUT2D eigenvalue weighted by atomic mass is 16.1. The third-order valence-corrected chi connectivity index (χ3v) is 5.23. The molecule has 0 radical (unpaired) electrons. The standard InChI is InChI=1S/C25H28N2O/c1-3-19(2)22-16-10-11-17-23(22)27-24(28)18-26-25(20-12-6-4-7-13-20)21-14-8-5-9-15-21/h4-17,19,25-26H,3,18H2,1-2H3,(H,27,28)/p+1/t19-/m0/s1. The molecule has 0 saturated carbocycles. The summed E-state index contributed by atoms with van der Waals surface area (Å²) in [6, 6.07) is 28.9. The molecule has 0 heterocycles. The average molecular weight is 374 g/mol. The van der Waals surface area contributed by atoms with Crippen LogP contribution in [0.4, 0.5) is 5.69 Å². The third kappa shape index (κ3) is 5.08. The molecular weight excluding hydrogens is 344 g/mol. The highest BCUT2D eigenvalue weighted by Crippen LogP contribution is 2.26. The van der Waals surface area contributed by atoms with E-state index in [9.17, 15) is 4.79 Å². The summed E-state index contributed by atoms with van der Waals surface area (Å²) in [5.41, 5.74) is 4.51. The van der Waals surface area contributed by atoms with Crippen LogP contribution in [0.15, 0.2) is 84.9 Å². The lowest BCUT2D eigenvalue weighted by Crippen LogP contribution is -2.87. The summed E-state index contributed by atoms with van der Waals surface area (Å²) in [6.07, 6.45) is 1.04. The van der Waals surface area contributed by atoms with Gasteiger partial charge in [0.05, 0.1) is 0 Å². The summed E-state index contributed by atoms with van der Waals surface area (Å²) >= 11 is 0. The lowest BCUT2D eigenvalue weighted by Gasteiger charge is -2.18. The molecule has 0 fully saturated rings. The molecule has 0 bridgehead atoms. The van der Waals surface area contributed by atoms with Crippen molar-refractivity contribution in [1.29, 1.82) is 0 Å². The number of carbonyl (C=O) groups is 1. The van der Waals surface area contributed by atoms with Crippen molar-refractivity contribution in [3.63, 3.8) is 0 Å². The minimum atomic E-state index is 0.0209. The summed E-state index contributed by atoms with van der Waals surface area (Å²) < 4.78 is 0. The van der Waals surface area contributed by atoms with E-state index in [0.717, 1.165) is 12.1 Å². The zero-order valence-corrected chi connectivity index (χ0v) is 16.6. The number of nitrogens with one attached hydrogen (secondary N) is 1. The van der Waals surface area contributed by atoms with E-state index in [-0.39, 0.29) is 11.9 Å². The van der Waals surface area contributed by atoms with Gasteiger partial charge < -0.3 is 10.6 Å². The van der Waals surface area contributed by atoms with Crippen LogP contribution < -0.4 is 10.6 Å². The summed E-state index contributed by atoms with van der Waals surface area (Å²) in [5, 5.41) is 5.22. The summed E-state index contributed by atoms with van der Waals surface area (Å²) in [4.78, 5) is 12.7. The van der Waals surface area contributed by atoms with E-state index in [4.69, 9.17) is 0 Å².